The number of unbranched alkanes of at least 4 members (excludes halogenated alkanes) is 3. The molecule has 1 heterocycles. The van der Waals surface area contributed by atoms with Gasteiger partial charge in [-0.15, -0.1) is 24.8 Å². The van der Waals surface area contributed by atoms with Crippen molar-refractivity contribution in [1.29, 1.82) is 0 Å². The summed E-state index contributed by atoms with van der Waals surface area (Å²) in [5, 5.41) is 3.11. The van der Waals surface area contributed by atoms with Crippen molar-refractivity contribution >= 4 is 41.8 Å². The zero-order chi connectivity index (χ0) is 19.8. The van der Waals surface area contributed by atoms with Crippen molar-refractivity contribution in [2.75, 3.05) is 6.54 Å². The van der Waals surface area contributed by atoms with Gasteiger partial charge in [-0.25, -0.2) is 9.37 Å². The van der Waals surface area contributed by atoms with Gasteiger partial charge in [-0.2, -0.15) is 0 Å². The van der Waals surface area contributed by atoms with E-state index in [-0.39, 0.29) is 42.6 Å². The minimum absolute atomic E-state index is 0. The number of rotatable bonds is 10. The van der Waals surface area contributed by atoms with Crippen LogP contribution in [0.2, 0.25) is 0 Å². The minimum atomic E-state index is -0.290. The van der Waals surface area contributed by atoms with Crippen LogP contribution >= 0.6 is 24.8 Å². The van der Waals surface area contributed by atoms with Crippen LogP contribution in [0.5, 0.6) is 0 Å². The van der Waals surface area contributed by atoms with Crippen LogP contribution in [-0.2, 0) is 11.3 Å². The van der Waals surface area contributed by atoms with Crippen molar-refractivity contribution in [2.45, 2.75) is 44.7 Å². The first-order chi connectivity index (χ1) is 13.7. The molecule has 164 valence electrons. The zero-order valence-electron chi connectivity index (χ0n) is 16.8. The Balaban J connectivity index is 0.00000225. The molecule has 0 saturated heterocycles. The molecule has 1 amide bonds. The van der Waals surface area contributed by atoms with Crippen LogP contribution < -0.4 is 11.1 Å². The van der Waals surface area contributed by atoms with Crippen LogP contribution in [0.25, 0.3) is 11.0 Å². The number of nitrogens with zero attached hydrogens (tertiary/aromatic N) is 2. The first-order valence-electron chi connectivity index (χ1n) is 9.82. The summed E-state index contributed by atoms with van der Waals surface area (Å²) in [6.07, 6.45) is 6.14. The van der Waals surface area contributed by atoms with Crippen LogP contribution in [0.4, 0.5) is 4.39 Å². The molecule has 0 bridgehead atoms. The largest absolute Gasteiger partial charge is 0.347 e. The second kappa shape index (κ2) is 13.2. The number of aromatic nitrogens is 2. The van der Waals surface area contributed by atoms with Crippen LogP contribution in [0.15, 0.2) is 54.9 Å². The van der Waals surface area contributed by atoms with Crippen LogP contribution in [-0.4, -0.2) is 22.0 Å². The number of hydrogen-bond acceptors (Lipinski definition) is 3. The van der Waals surface area contributed by atoms with E-state index in [2.05, 4.69) is 10.3 Å². The molecule has 8 heteroatoms. The molecule has 0 saturated carbocycles. The molecule has 0 aliphatic heterocycles. The number of para-hydroxylation sites is 2. The summed E-state index contributed by atoms with van der Waals surface area (Å²) in [6, 6.07) is 13.9. The fourth-order valence-electron chi connectivity index (χ4n) is 3.33. The van der Waals surface area contributed by atoms with Gasteiger partial charge in [-0.05, 0) is 49.2 Å². The molecule has 3 rings (SSSR count). The summed E-state index contributed by atoms with van der Waals surface area (Å²) < 4.78 is 15.4. The van der Waals surface area contributed by atoms with Gasteiger partial charge in [0.2, 0.25) is 5.91 Å². The topological polar surface area (TPSA) is 72.9 Å². The molecule has 30 heavy (non-hydrogen) atoms. The van der Waals surface area contributed by atoms with Crippen molar-refractivity contribution in [3.8, 4) is 0 Å². The quantitative estimate of drug-likeness (QED) is 0.432. The van der Waals surface area contributed by atoms with Crippen molar-refractivity contribution < 1.29 is 9.18 Å². The summed E-state index contributed by atoms with van der Waals surface area (Å²) >= 11 is 0. The smallest absolute Gasteiger partial charge is 0.220 e. The Kier molecular flexibility index (Phi) is 11.4. The van der Waals surface area contributed by atoms with Crippen molar-refractivity contribution in [2.24, 2.45) is 5.73 Å². The van der Waals surface area contributed by atoms with Gasteiger partial charge in [0.1, 0.15) is 5.82 Å². The molecule has 0 aliphatic carbocycles. The van der Waals surface area contributed by atoms with E-state index in [4.69, 9.17) is 5.73 Å². The van der Waals surface area contributed by atoms with E-state index < -0.39 is 0 Å². The van der Waals surface area contributed by atoms with Gasteiger partial charge in [0.25, 0.3) is 0 Å². The zero-order valence-corrected chi connectivity index (χ0v) is 18.4. The van der Waals surface area contributed by atoms with E-state index in [1.807, 2.05) is 28.8 Å². The SMILES string of the molecule is Cl.Cl.NCCCCCCC(=O)NC(Cn1cnc2ccccc21)c1ccc(F)cc1. The van der Waals surface area contributed by atoms with Gasteiger partial charge in [0.15, 0.2) is 0 Å². The molecule has 1 atom stereocenters. The fraction of sp³-hybridized carbons (Fsp3) is 0.364. The van der Waals surface area contributed by atoms with E-state index in [0.717, 1.165) is 42.3 Å². The second-order valence-corrected chi connectivity index (χ2v) is 7.01. The van der Waals surface area contributed by atoms with Gasteiger partial charge < -0.3 is 15.6 Å². The van der Waals surface area contributed by atoms with E-state index in [9.17, 15) is 9.18 Å². The highest BCUT2D eigenvalue weighted by Gasteiger charge is 2.16. The van der Waals surface area contributed by atoms with Crippen LogP contribution in [0, 0.1) is 5.82 Å². The van der Waals surface area contributed by atoms with Crippen molar-refractivity contribution in [3.05, 3.63) is 66.2 Å². The maximum atomic E-state index is 13.4. The first kappa shape index (κ1) is 25.9. The number of carbonyl (C=O) groups is 1. The van der Waals surface area contributed by atoms with E-state index in [1.54, 1.807) is 18.5 Å². The second-order valence-electron chi connectivity index (χ2n) is 7.01. The van der Waals surface area contributed by atoms with Gasteiger partial charge >= 0.3 is 0 Å². The van der Waals surface area contributed by atoms with E-state index >= 15 is 0 Å². The summed E-state index contributed by atoms with van der Waals surface area (Å²) in [5.41, 5.74) is 8.29. The Labute approximate surface area is 189 Å². The average Bonchev–Trinajstić information content (AvgIpc) is 3.11. The van der Waals surface area contributed by atoms with Gasteiger partial charge in [-0.3, -0.25) is 4.79 Å². The summed E-state index contributed by atoms with van der Waals surface area (Å²) in [7, 11) is 0. The third-order valence-corrected chi connectivity index (χ3v) is 4.87. The Morgan fingerprint density at radius 1 is 1.03 bits per heavy atom. The number of carbonyl (C=O) groups excluding carboxylic acids is 1. The summed E-state index contributed by atoms with van der Waals surface area (Å²) in [5.74, 6) is -0.284. The number of amides is 1. The molecule has 3 N–H and O–H groups in total. The average molecular weight is 455 g/mol. The number of nitrogens with two attached hydrogens (primary N) is 1. The molecule has 1 aromatic heterocycles. The van der Waals surface area contributed by atoms with Gasteiger partial charge in [0.05, 0.1) is 23.4 Å². The number of fused-ring (bicyclic) bond motifs is 1. The number of imidazole rings is 1. The number of hydrogen-bond donors (Lipinski definition) is 2. The Morgan fingerprint density at radius 2 is 1.73 bits per heavy atom. The van der Waals surface area contributed by atoms with Gasteiger partial charge in [0, 0.05) is 13.0 Å². The molecule has 1 unspecified atom stereocenters. The molecule has 0 spiro atoms. The lowest BCUT2D eigenvalue weighted by molar-refractivity contribution is -0.122. The van der Waals surface area contributed by atoms with Crippen LogP contribution in [0.1, 0.15) is 43.7 Å². The summed E-state index contributed by atoms with van der Waals surface area (Å²) in [6.45, 7) is 1.22. The normalized spacial score (nSPS) is 11.4. The monoisotopic (exact) mass is 454 g/mol. The minimum Gasteiger partial charge on any atom is -0.347 e. The first-order valence-corrected chi connectivity index (χ1v) is 9.82. The predicted molar refractivity (Wildman–Crippen MR) is 124 cm³/mol. The van der Waals surface area contributed by atoms with Crippen molar-refractivity contribution in [3.63, 3.8) is 0 Å². The number of nitrogens with one attached hydrogen (secondary N) is 1. The molecule has 2 aromatic carbocycles. The molecule has 0 aliphatic rings. The van der Waals surface area contributed by atoms with E-state index in [1.165, 1.54) is 12.1 Å². The highest BCUT2D eigenvalue weighted by Crippen LogP contribution is 2.20. The third-order valence-electron chi connectivity index (χ3n) is 4.87. The van der Waals surface area contributed by atoms with Crippen LogP contribution in [0.3, 0.4) is 0 Å². The molecular formula is C22H29Cl2FN4O. The predicted octanol–water partition coefficient (Wildman–Crippen LogP) is 4.79. The Morgan fingerprint density at radius 3 is 2.47 bits per heavy atom. The number of benzene rings is 2. The lowest BCUT2D eigenvalue weighted by atomic mass is 10.1. The highest BCUT2D eigenvalue weighted by atomic mass is 35.5. The molecular weight excluding hydrogens is 426 g/mol. The Bertz CT molecular complexity index is 902. The summed E-state index contributed by atoms with van der Waals surface area (Å²) in [4.78, 5) is 16.9. The lowest BCUT2D eigenvalue weighted by Gasteiger charge is -2.20. The fourth-order valence-corrected chi connectivity index (χ4v) is 3.33. The molecule has 5 nitrogen and oxygen atoms in total. The maximum absolute atomic E-state index is 13.4. The third kappa shape index (κ3) is 7.27. The standard InChI is InChI=1S/C22H27FN4O.2ClH/c23-18-12-10-17(11-13-18)20(26-22(28)9-3-1-2-6-14-24)15-27-16-25-19-7-4-5-8-21(19)27;;/h4-5,7-8,10-13,16,20H,1-3,6,9,14-15,24H2,(H,26,28);2*1H. The highest BCUT2D eigenvalue weighted by molar-refractivity contribution is 5.85. The molecule has 0 fully saturated rings. The molecule has 3 aromatic rings. The number of halogens is 3. The van der Waals surface area contributed by atoms with Crippen molar-refractivity contribution in [1.82, 2.24) is 14.9 Å². The van der Waals surface area contributed by atoms with Gasteiger partial charge in [-0.1, -0.05) is 37.1 Å². The van der Waals surface area contributed by atoms with E-state index in [0.29, 0.717) is 19.5 Å². The Hall–Kier alpha value is -2.15. The molecule has 0 radical (unpaired) electrons. The maximum Gasteiger partial charge on any atom is 0.220 e. The lowest BCUT2D eigenvalue weighted by Crippen LogP contribution is -2.31.